The summed E-state index contributed by atoms with van der Waals surface area (Å²) in [5.74, 6) is -0.0249. The van der Waals surface area contributed by atoms with Crippen LogP contribution in [0.1, 0.15) is 5.56 Å². The van der Waals surface area contributed by atoms with E-state index in [0.29, 0.717) is 14.5 Å². The Bertz CT molecular complexity index is 378. The molecule has 0 aliphatic carbocycles. The minimum atomic E-state index is -0.496. The van der Waals surface area contributed by atoms with Gasteiger partial charge in [0.2, 0.25) is 0 Å². The van der Waals surface area contributed by atoms with E-state index in [4.69, 9.17) is 0 Å². The quantitative estimate of drug-likeness (QED) is 0.640. The number of benzene rings is 1. The summed E-state index contributed by atoms with van der Waals surface area (Å²) in [6.45, 7) is 1.56. The van der Waals surface area contributed by atoms with Crippen LogP contribution in [0.15, 0.2) is 15.0 Å². The highest BCUT2D eigenvalue weighted by Gasteiger charge is 2.18. The molecule has 0 radical (unpaired) electrons. The first-order valence-corrected chi connectivity index (χ1v) is 4.85. The number of rotatable bonds is 1. The van der Waals surface area contributed by atoms with E-state index in [9.17, 15) is 15.2 Å². The number of nitro groups is 1. The average molecular weight is 311 g/mol. The van der Waals surface area contributed by atoms with Crippen LogP contribution in [0.2, 0.25) is 0 Å². The number of nitrogens with zero attached hydrogens (tertiary/aromatic N) is 1. The van der Waals surface area contributed by atoms with Crippen molar-refractivity contribution in [2.45, 2.75) is 6.92 Å². The molecule has 0 heterocycles. The smallest absolute Gasteiger partial charge is 0.274 e. The maximum atomic E-state index is 10.5. The van der Waals surface area contributed by atoms with E-state index in [1.807, 2.05) is 0 Å². The molecule has 1 rings (SSSR count). The molecule has 1 N–H and O–H groups in total. The number of phenols is 1. The largest absolute Gasteiger partial charge is 0.506 e. The number of phenolic OH excluding ortho intramolecular Hbond substituents is 1. The Morgan fingerprint density at radius 3 is 2.54 bits per heavy atom. The molecule has 4 nitrogen and oxygen atoms in total. The van der Waals surface area contributed by atoms with Crippen molar-refractivity contribution in [3.63, 3.8) is 0 Å². The summed E-state index contributed by atoms with van der Waals surface area (Å²) >= 11 is 6.08. The molecular formula is C7H5Br2NO3. The summed E-state index contributed by atoms with van der Waals surface area (Å²) in [5.41, 5.74) is 0.377. The van der Waals surface area contributed by atoms with Gasteiger partial charge in [-0.15, -0.1) is 0 Å². The Kier molecular flexibility index (Phi) is 2.92. The zero-order chi connectivity index (χ0) is 10.2. The maximum absolute atomic E-state index is 10.5. The van der Waals surface area contributed by atoms with Gasteiger partial charge in [0.05, 0.1) is 13.9 Å². The standard InChI is InChI=1S/C7H5Br2NO3/c1-3-5(10(12)13)2-4(8)7(11)6(3)9/h2,11H,1H3. The van der Waals surface area contributed by atoms with E-state index in [-0.39, 0.29) is 11.4 Å². The van der Waals surface area contributed by atoms with Gasteiger partial charge >= 0.3 is 0 Å². The van der Waals surface area contributed by atoms with E-state index in [0.717, 1.165) is 0 Å². The van der Waals surface area contributed by atoms with Crippen LogP contribution < -0.4 is 0 Å². The van der Waals surface area contributed by atoms with Crippen LogP contribution in [0.5, 0.6) is 5.75 Å². The Balaban J connectivity index is 3.50. The van der Waals surface area contributed by atoms with Gasteiger partial charge in [0.1, 0.15) is 5.75 Å². The van der Waals surface area contributed by atoms with Crippen LogP contribution in [-0.2, 0) is 0 Å². The SMILES string of the molecule is Cc1c([N+](=O)[O-])cc(Br)c(O)c1Br. The second-order valence-electron chi connectivity index (χ2n) is 2.42. The minimum Gasteiger partial charge on any atom is -0.506 e. The second-order valence-corrected chi connectivity index (χ2v) is 4.07. The van der Waals surface area contributed by atoms with Crippen LogP contribution in [-0.4, -0.2) is 10.0 Å². The number of nitro benzene ring substituents is 1. The van der Waals surface area contributed by atoms with Crippen LogP contribution in [0.3, 0.4) is 0 Å². The Morgan fingerprint density at radius 2 is 2.08 bits per heavy atom. The summed E-state index contributed by atoms with van der Waals surface area (Å²) in [5, 5.41) is 19.9. The molecule has 0 fully saturated rings. The zero-order valence-corrected chi connectivity index (χ0v) is 9.72. The summed E-state index contributed by atoms with van der Waals surface area (Å²) in [6, 6.07) is 1.27. The molecule has 0 bridgehead atoms. The molecule has 0 atom stereocenters. The van der Waals surface area contributed by atoms with Gasteiger partial charge in [0.25, 0.3) is 5.69 Å². The summed E-state index contributed by atoms with van der Waals surface area (Å²) in [7, 11) is 0. The lowest BCUT2D eigenvalue weighted by Gasteiger charge is -2.04. The molecule has 0 amide bonds. The Morgan fingerprint density at radius 1 is 1.54 bits per heavy atom. The zero-order valence-electron chi connectivity index (χ0n) is 6.54. The third-order valence-electron chi connectivity index (χ3n) is 1.61. The van der Waals surface area contributed by atoms with Crippen molar-refractivity contribution in [2.24, 2.45) is 0 Å². The first-order chi connectivity index (χ1) is 5.95. The lowest BCUT2D eigenvalue weighted by molar-refractivity contribution is -0.385. The fourth-order valence-electron chi connectivity index (χ4n) is 0.881. The monoisotopic (exact) mass is 309 g/mol. The molecule has 1 aromatic carbocycles. The minimum absolute atomic E-state index is 0.0249. The molecule has 0 spiro atoms. The number of aromatic hydroxyl groups is 1. The fourth-order valence-corrected chi connectivity index (χ4v) is 1.98. The highest BCUT2D eigenvalue weighted by atomic mass is 79.9. The van der Waals surface area contributed by atoms with Gasteiger partial charge in [-0.05, 0) is 38.8 Å². The molecule has 0 aliphatic heterocycles. The summed E-state index contributed by atoms with van der Waals surface area (Å²) in [6.07, 6.45) is 0. The van der Waals surface area contributed by atoms with Crippen molar-refractivity contribution in [1.29, 1.82) is 0 Å². The van der Waals surface area contributed by atoms with Gasteiger partial charge in [0.15, 0.2) is 0 Å². The van der Waals surface area contributed by atoms with Crippen LogP contribution >= 0.6 is 31.9 Å². The average Bonchev–Trinajstić information content (AvgIpc) is 2.07. The van der Waals surface area contributed by atoms with Crippen molar-refractivity contribution in [2.75, 3.05) is 0 Å². The third kappa shape index (κ3) is 1.83. The molecule has 6 heteroatoms. The van der Waals surface area contributed by atoms with E-state index in [2.05, 4.69) is 31.9 Å². The first kappa shape index (κ1) is 10.5. The van der Waals surface area contributed by atoms with Gasteiger partial charge in [-0.3, -0.25) is 10.1 Å². The first-order valence-electron chi connectivity index (χ1n) is 3.27. The van der Waals surface area contributed by atoms with Crippen LogP contribution in [0.4, 0.5) is 5.69 Å². The molecule has 0 saturated heterocycles. The van der Waals surface area contributed by atoms with Crippen LogP contribution in [0, 0.1) is 17.0 Å². The molecular weight excluding hydrogens is 306 g/mol. The normalized spacial score (nSPS) is 10.1. The van der Waals surface area contributed by atoms with Crippen molar-refractivity contribution >= 4 is 37.5 Å². The predicted octanol–water partition coefficient (Wildman–Crippen LogP) is 3.13. The highest BCUT2D eigenvalue weighted by Crippen LogP contribution is 2.39. The van der Waals surface area contributed by atoms with E-state index >= 15 is 0 Å². The van der Waals surface area contributed by atoms with Gasteiger partial charge in [-0.2, -0.15) is 0 Å². The Labute approximate surface area is 91.0 Å². The van der Waals surface area contributed by atoms with Gasteiger partial charge in [0, 0.05) is 11.6 Å². The maximum Gasteiger partial charge on any atom is 0.274 e. The van der Waals surface area contributed by atoms with Gasteiger partial charge in [-0.1, -0.05) is 0 Å². The molecule has 0 saturated carbocycles. The van der Waals surface area contributed by atoms with Gasteiger partial charge in [-0.25, -0.2) is 0 Å². The summed E-state index contributed by atoms with van der Waals surface area (Å²) in [4.78, 5) is 10.0. The molecule has 13 heavy (non-hydrogen) atoms. The fraction of sp³-hybridized carbons (Fsp3) is 0.143. The van der Waals surface area contributed by atoms with E-state index in [1.165, 1.54) is 6.07 Å². The topological polar surface area (TPSA) is 63.4 Å². The second kappa shape index (κ2) is 3.63. The summed E-state index contributed by atoms with van der Waals surface area (Å²) < 4.78 is 0.644. The van der Waals surface area contributed by atoms with Gasteiger partial charge < -0.3 is 5.11 Å². The van der Waals surface area contributed by atoms with E-state index < -0.39 is 4.92 Å². The van der Waals surface area contributed by atoms with Crippen molar-refractivity contribution in [3.05, 3.63) is 30.7 Å². The lowest BCUT2D eigenvalue weighted by atomic mass is 10.2. The molecule has 1 aromatic rings. The molecule has 70 valence electrons. The number of hydrogen-bond acceptors (Lipinski definition) is 3. The van der Waals surface area contributed by atoms with Crippen molar-refractivity contribution < 1.29 is 10.0 Å². The highest BCUT2D eigenvalue weighted by molar-refractivity contribution is 9.11. The number of halogens is 2. The molecule has 0 unspecified atom stereocenters. The number of hydrogen-bond donors (Lipinski definition) is 1. The van der Waals surface area contributed by atoms with Crippen molar-refractivity contribution in [3.8, 4) is 5.75 Å². The Hall–Kier alpha value is -0.620. The predicted molar refractivity (Wildman–Crippen MR) is 54.9 cm³/mol. The third-order valence-corrected chi connectivity index (χ3v) is 3.18. The van der Waals surface area contributed by atoms with E-state index in [1.54, 1.807) is 6.92 Å². The van der Waals surface area contributed by atoms with Crippen LogP contribution in [0.25, 0.3) is 0 Å². The molecule has 0 aromatic heterocycles. The molecule has 0 aliphatic rings. The lowest BCUT2D eigenvalue weighted by Crippen LogP contribution is -1.92. The van der Waals surface area contributed by atoms with Crippen molar-refractivity contribution in [1.82, 2.24) is 0 Å².